The number of ether oxygens (including phenoxy) is 1. The molecule has 3 aromatic rings. The van der Waals surface area contributed by atoms with Crippen molar-refractivity contribution in [1.82, 2.24) is 15.0 Å². The van der Waals surface area contributed by atoms with E-state index < -0.39 is 0 Å². The molecule has 156 valence electrons. The van der Waals surface area contributed by atoms with Crippen molar-refractivity contribution in [3.05, 3.63) is 60.2 Å². The average Bonchev–Trinajstić information content (AvgIpc) is 3.24. The van der Waals surface area contributed by atoms with E-state index in [4.69, 9.17) is 9.26 Å². The van der Waals surface area contributed by atoms with E-state index in [1.807, 2.05) is 23.1 Å². The van der Waals surface area contributed by atoms with Crippen molar-refractivity contribution in [3.63, 3.8) is 0 Å². The molecule has 1 aromatic heterocycles. The highest BCUT2D eigenvalue weighted by Crippen LogP contribution is 2.31. The van der Waals surface area contributed by atoms with Crippen LogP contribution >= 0.6 is 0 Å². The van der Waals surface area contributed by atoms with E-state index >= 15 is 0 Å². The maximum atomic E-state index is 13.5. The lowest BCUT2D eigenvalue weighted by Gasteiger charge is -2.32. The Morgan fingerprint density at radius 2 is 2.13 bits per heavy atom. The van der Waals surface area contributed by atoms with E-state index in [0.717, 1.165) is 25.8 Å². The molecule has 0 radical (unpaired) electrons. The molecular formula is C22H23FN4O3. The molecule has 0 unspecified atom stereocenters. The summed E-state index contributed by atoms with van der Waals surface area (Å²) in [6.45, 7) is 0.966. The lowest BCUT2D eigenvalue weighted by molar-refractivity contribution is -0.118. The minimum Gasteiger partial charge on any atom is -0.497 e. The van der Waals surface area contributed by atoms with Gasteiger partial charge >= 0.3 is 0 Å². The van der Waals surface area contributed by atoms with Gasteiger partial charge in [-0.15, -0.1) is 0 Å². The van der Waals surface area contributed by atoms with Crippen LogP contribution in [0.5, 0.6) is 5.75 Å². The topological polar surface area (TPSA) is 80.5 Å². The molecule has 1 amide bonds. The number of hydrogen-bond acceptors (Lipinski definition) is 6. The van der Waals surface area contributed by atoms with Crippen molar-refractivity contribution >= 4 is 11.6 Å². The van der Waals surface area contributed by atoms with Crippen LogP contribution < -0.4 is 10.1 Å². The zero-order valence-electron chi connectivity index (χ0n) is 16.7. The molecule has 0 saturated carbocycles. The van der Waals surface area contributed by atoms with E-state index in [1.165, 1.54) is 12.1 Å². The van der Waals surface area contributed by atoms with Gasteiger partial charge in [0.2, 0.25) is 17.6 Å². The standard InChI is InChI=1S/C22H23FN4O3/c1-29-18-9-5-8-17(13-18)24-20(28)14-27-11-3-2-10-19(27)22-25-21(26-30-22)15-6-4-7-16(23)12-15/h4-9,12-13,19H,2-3,10-11,14H2,1H3,(H,24,28)/t19-/m0/s1. The summed E-state index contributed by atoms with van der Waals surface area (Å²) in [4.78, 5) is 19.1. The first-order valence-corrected chi connectivity index (χ1v) is 9.90. The minimum absolute atomic E-state index is 0.125. The fraction of sp³-hybridized carbons (Fsp3) is 0.318. The normalized spacial score (nSPS) is 16.9. The molecule has 1 N–H and O–H groups in total. The van der Waals surface area contributed by atoms with Gasteiger partial charge in [0.05, 0.1) is 19.7 Å². The molecule has 1 aliphatic rings. The summed E-state index contributed by atoms with van der Waals surface area (Å²) in [7, 11) is 1.59. The molecule has 1 atom stereocenters. The molecule has 30 heavy (non-hydrogen) atoms. The molecule has 2 aromatic carbocycles. The number of carbonyl (C=O) groups is 1. The second-order valence-corrected chi connectivity index (χ2v) is 7.23. The van der Waals surface area contributed by atoms with E-state index in [2.05, 4.69) is 15.5 Å². The van der Waals surface area contributed by atoms with Gasteiger partial charge in [-0.3, -0.25) is 9.69 Å². The number of anilines is 1. The van der Waals surface area contributed by atoms with Crippen LogP contribution in [0, 0.1) is 5.82 Å². The zero-order valence-corrected chi connectivity index (χ0v) is 16.7. The predicted molar refractivity (Wildman–Crippen MR) is 109 cm³/mol. The van der Waals surface area contributed by atoms with Crippen LogP contribution in [0.15, 0.2) is 53.1 Å². The van der Waals surface area contributed by atoms with Gasteiger partial charge in [-0.25, -0.2) is 4.39 Å². The maximum Gasteiger partial charge on any atom is 0.244 e. The lowest BCUT2D eigenvalue weighted by atomic mass is 10.0. The van der Waals surface area contributed by atoms with Gasteiger partial charge in [-0.1, -0.05) is 29.8 Å². The Kier molecular flexibility index (Phi) is 6.04. The molecule has 0 bridgehead atoms. The van der Waals surface area contributed by atoms with Gasteiger partial charge in [-0.2, -0.15) is 4.98 Å². The molecule has 8 heteroatoms. The lowest BCUT2D eigenvalue weighted by Crippen LogP contribution is -2.39. The molecule has 7 nitrogen and oxygen atoms in total. The van der Waals surface area contributed by atoms with Gasteiger partial charge < -0.3 is 14.6 Å². The summed E-state index contributed by atoms with van der Waals surface area (Å²) >= 11 is 0. The summed E-state index contributed by atoms with van der Waals surface area (Å²) in [5.74, 6) is 0.991. The number of methoxy groups -OCH3 is 1. The van der Waals surface area contributed by atoms with Crippen LogP contribution in [-0.4, -0.2) is 41.1 Å². The summed E-state index contributed by atoms with van der Waals surface area (Å²) in [6.07, 6.45) is 2.82. The van der Waals surface area contributed by atoms with Crippen LogP contribution in [-0.2, 0) is 4.79 Å². The first-order valence-electron chi connectivity index (χ1n) is 9.90. The number of likely N-dealkylation sites (tertiary alicyclic amines) is 1. The van der Waals surface area contributed by atoms with Crippen molar-refractivity contribution in [1.29, 1.82) is 0 Å². The predicted octanol–water partition coefficient (Wildman–Crippen LogP) is 4.05. The van der Waals surface area contributed by atoms with Crippen molar-refractivity contribution < 1.29 is 18.4 Å². The van der Waals surface area contributed by atoms with E-state index in [1.54, 1.807) is 25.3 Å². The number of amides is 1. The molecule has 1 aliphatic heterocycles. The summed E-state index contributed by atoms with van der Waals surface area (Å²) in [5.41, 5.74) is 1.24. The van der Waals surface area contributed by atoms with Crippen molar-refractivity contribution in [2.24, 2.45) is 0 Å². The monoisotopic (exact) mass is 410 g/mol. The fourth-order valence-corrected chi connectivity index (χ4v) is 3.66. The Hall–Kier alpha value is -3.26. The van der Waals surface area contributed by atoms with E-state index in [9.17, 15) is 9.18 Å². The number of nitrogens with one attached hydrogen (secondary N) is 1. The first-order chi connectivity index (χ1) is 14.6. The van der Waals surface area contributed by atoms with Gasteiger partial charge in [0.25, 0.3) is 0 Å². The molecule has 4 rings (SSSR count). The third-order valence-corrected chi connectivity index (χ3v) is 5.12. The van der Waals surface area contributed by atoms with Crippen LogP contribution in [0.25, 0.3) is 11.4 Å². The van der Waals surface area contributed by atoms with Crippen LogP contribution in [0.3, 0.4) is 0 Å². The van der Waals surface area contributed by atoms with E-state index in [-0.39, 0.29) is 24.3 Å². The third kappa shape index (κ3) is 4.65. The second-order valence-electron chi connectivity index (χ2n) is 7.23. The minimum atomic E-state index is -0.354. The summed E-state index contributed by atoms with van der Waals surface area (Å²) in [6, 6.07) is 13.2. The molecule has 1 saturated heterocycles. The number of nitrogens with zero attached hydrogens (tertiary/aromatic N) is 3. The highest BCUT2D eigenvalue weighted by Gasteiger charge is 2.30. The number of hydrogen-bond donors (Lipinski definition) is 1. The average molecular weight is 410 g/mol. The fourth-order valence-electron chi connectivity index (χ4n) is 3.66. The summed E-state index contributed by atoms with van der Waals surface area (Å²) < 4.78 is 24.2. The van der Waals surface area contributed by atoms with Gasteiger partial charge in [0, 0.05) is 17.3 Å². The van der Waals surface area contributed by atoms with Gasteiger partial charge in [-0.05, 0) is 43.7 Å². The molecular weight excluding hydrogens is 387 g/mol. The number of halogens is 1. The highest BCUT2D eigenvalue weighted by atomic mass is 19.1. The van der Waals surface area contributed by atoms with Crippen molar-refractivity contribution in [2.45, 2.75) is 25.3 Å². The Balaban J connectivity index is 1.46. The third-order valence-electron chi connectivity index (χ3n) is 5.12. The Morgan fingerprint density at radius 1 is 1.27 bits per heavy atom. The number of benzene rings is 2. The Labute approximate surface area is 173 Å². The van der Waals surface area contributed by atoms with Gasteiger partial charge in [0.15, 0.2) is 0 Å². The number of piperidine rings is 1. The van der Waals surface area contributed by atoms with Crippen molar-refractivity contribution in [2.75, 3.05) is 25.5 Å². The van der Waals surface area contributed by atoms with E-state index in [0.29, 0.717) is 28.7 Å². The first kappa shape index (κ1) is 20.0. The number of rotatable bonds is 6. The SMILES string of the molecule is COc1cccc(NC(=O)CN2CCCC[C@H]2c2nc(-c3cccc(F)c3)no2)c1. The zero-order chi connectivity index (χ0) is 20.9. The molecule has 2 heterocycles. The molecule has 0 spiro atoms. The van der Waals surface area contributed by atoms with Crippen LogP contribution in [0.1, 0.15) is 31.2 Å². The van der Waals surface area contributed by atoms with Gasteiger partial charge in [0.1, 0.15) is 11.6 Å². The number of carbonyl (C=O) groups excluding carboxylic acids is 1. The smallest absolute Gasteiger partial charge is 0.244 e. The Morgan fingerprint density at radius 3 is 2.97 bits per heavy atom. The Bertz CT molecular complexity index is 1020. The van der Waals surface area contributed by atoms with Crippen LogP contribution in [0.4, 0.5) is 10.1 Å². The number of aromatic nitrogens is 2. The maximum absolute atomic E-state index is 13.5. The molecule has 0 aliphatic carbocycles. The largest absolute Gasteiger partial charge is 0.497 e. The quantitative estimate of drug-likeness (QED) is 0.660. The highest BCUT2D eigenvalue weighted by molar-refractivity contribution is 5.92. The van der Waals surface area contributed by atoms with Crippen molar-refractivity contribution in [3.8, 4) is 17.1 Å². The second kappa shape index (κ2) is 9.04. The van der Waals surface area contributed by atoms with Crippen LogP contribution in [0.2, 0.25) is 0 Å². The molecule has 1 fully saturated rings. The summed E-state index contributed by atoms with van der Waals surface area (Å²) in [5, 5.41) is 6.91.